The van der Waals surface area contributed by atoms with Gasteiger partial charge in [-0.2, -0.15) is 0 Å². The van der Waals surface area contributed by atoms with Gasteiger partial charge < -0.3 is 9.47 Å². The van der Waals surface area contributed by atoms with E-state index < -0.39 is 0 Å². The topological polar surface area (TPSA) is 51.0 Å². The van der Waals surface area contributed by atoms with Gasteiger partial charge in [-0.15, -0.1) is 0 Å². The van der Waals surface area contributed by atoms with E-state index in [1.807, 2.05) is 35.4 Å². The smallest absolute Gasteiger partial charge is 0.245 e. The van der Waals surface area contributed by atoms with Crippen LogP contribution in [-0.2, 0) is 11.2 Å². The van der Waals surface area contributed by atoms with Crippen molar-refractivity contribution in [2.24, 2.45) is 0 Å². The molecular formula is C21H24N4O. The van der Waals surface area contributed by atoms with Gasteiger partial charge >= 0.3 is 0 Å². The molecule has 3 aromatic rings. The third-order valence-corrected chi connectivity index (χ3v) is 5.32. The fourth-order valence-electron chi connectivity index (χ4n) is 3.86. The molecule has 0 radical (unpaired) electrons. The number of hydrogen-bond donors (Lipinski definition) is 0. The molecule has 1 unspecified atom stereocenters. The van der Waals surface area contributed by atoms with Crippen molar-refractivity contribution >= 4 is 16.9 Å². The van der Waals surface area contributed by atoms with Crippen LogP contribution in [0.2, 0.25) is 0 Å². The van der Waals surface area contributed by atoms with Crippen molar-refractivity contribution in [3.8, 4) is 0 Å². The van der Waals surface area contributed by atoms with Gasteiger partial charge in [0.05, 0.1) is 11.0 Å². The molecule has 4 rings (SSSR count). The van der Waals surface area contributed by atoms with Crippen LogP contribution in [0, 0.1) is 0 Å². The summed E-state index contributed by atoms with van der Waals surface area (Å²) in [6.45, 7) is 5.72. The van der Waals surface area contributed by atoms with Crippen molar-refractivity contribution in [3.05, 3.63) is 60.2 Å². The van der Waals surface area contributed by atoms with Crippen LogP contribution >= 0.6 is 0 Å². The summed E-state index contributed by atoms with van der Waals surface area (Å²) in [5, 5.41) is 0. The molecule has 1 aromatic carbocycles. The molecule has 1 amide bonds. The Morgan fingerprint density at radius 2 is 2.00 bits per heavy atom. The molecule has 5 heteroatoms. The number of imidazole rings is 1. The quantitative estimate of drug-likeness (QED) is 0.708. The average Bonchev–Trinajstić information content (AvgIpc) is 3.01. The molecule has 5 nitrogen and oxygen atoms in total. The number of carbonyl (C=O) groups is 1. The molecule has 1 aliphatic rings. The van der Waals surface area contributed by atoms with Gasteiger partial charge in [-0.3, -0.25) is 9.78 Å². The number of fused-ring (bicyclic) bond motifs is 1. The molecular weight excluding hydrogens is 324 g/mol. The molecule has 0 aliphatic carbocycles. The summed E-state index contributed by atoms with van der Waals surface area (Å²) in [6.07, 6.45) is 5.27. The van der Waals surface area contributed by atoms with E-state index >= 15 is 0 Å². The van der Waals surface area contributed by atoms with E-state index in [-0.39, 0.29) is 11.9 Å². The van der Waals surface area contributed by atoms with E-state index in [1.165, 1.54) is 5.56 Å². The van der Waals surface area contributed by atoms with Crippen LogP contribution in [-0.4, -0.2) is 38.4 Å². The zero-order valence-electron chi connectivity index (χ0n) is 15.3. The van der Waals surface area contributed by atoms with Crippen molar-refractivity contribution in [1.29, 1.82) is 0 Å². The van der Waals surface area contributed by atoms with Gasteiger partial charge in [-0.1, -0.05) is 32.0 Å². The van der Waals surface area contributed by atoms with Gasteiger partial charge in [0.25, 0.3) is 0 Å². The van der Waals surface area contributed by atoms with Crippen LogP contribution in [0.1, 0.15) is 43.6 Å². The molecule has 1 aliphatic heterocycles. The lowest BCUT2D eigenvalue weighted by Gasteiger charge is -2.41. The van der Waals surface area contributed by atoms with Crippen molar-refractivity contribution in [1.82, 2.24) is 19.4 Å². The predicted octanol–water partition coefficient (Wildman–Crippen LogP) is 3.57. The van der Waals surface area contributed by atoms with Crippen LogP contribution in [0.3, 0.4) is 0 Å². The number of pyridine rings is 1. The molecule has 1 atom stereocenters. The standard InChI is InChI=1S/C21H24N4O/c1-3-18(25-19-10-6-5-9-17(19)23-20(25)4-2)21(26)24-13-16(14-24)15-8-7-11-22-12-15/h5-12,16,18H,3-4,13-14H2,1-2H3. The number of likely N-dealkylation sites (tertiary alicyclic amines) is 1. The number of aryl methyl sites for hydroxylation is 1. The maximum Gasteiger partial charge on any atom is 0.245 e. The first-order valence-electron chi connectivity index (χ1n) is 9.37. The minimum absolute atomic E-state index is 0.188. The molecule has 1 fully saturated rings. The summed E-state index contributed by atoms with van der Waals surface area (Å²) in [5.74, 6) is 1.58. The number of aromatic nitrogens is 3. The highest BCUT2D eigenvalue weighted by Gasteiger charge is 2.36. The monoisotopic (exact) mass is 348 g/mol. The summed E-state index contributed by atoms with van der Waals surface area (Å²) >= 11 is 0. The molecule has 2 aromatic heterocycles. The predicted molar refractivity (Wildman–Crippen MR) is 102 cm³/mol. The molecule has 3 heterocycles. The maximum atomic E-state index is 13.2. The Labute approximate surface area is 153 Å². The van der Waals surface area contributed by atoms with Crippen molar-refractivity contribution < 1.29 is 4.79 Å². The first-order valence-corrected chi connectivity index (χ1v) is 9.37. The van der Waals surface area contributed by atoms with Gasteiger partial charge in [0.15, 0.2) is 0 Å². The lowest BCUT2D eigenvalue weighted by molar-refractivity contribution is -0.139. The zero-order valence-corrected chi connectivity index (χ0v) is 15.3. The number of rotatable bonds is 5. The number of hydrogen-bond acceptors (Lipinski definition) is 3. The normalized spacial score (nSPS) is 15.8. The van der Waals surface area contributed by atoms with Crippen LogP contribution in [0.5, 0.6) is 0 Å². The van der Waals surface area contributed by atoms with Crippen molar-refractivity contribution in [2.75, 3.05) is 13.1 Å². The fraction of sp³-hybridized carbons (Fsp3) is 0.381. The van der Waals surface area contributed by atoms with Gasteiger partial charge in [0, 0.05) is 37.8 Å². The Kier molecular flexibility index (Phi) is 4.45. The van der Waals surface area contributed by atoms with Crippen molar-refractivity contribution in [3.63, 3.8) is 0 Å². The van der Waals surface area contributed by atoms with E-state index in [2.05, 4.69) is 35.5 Å². The second kappa shape index (κ2) is 6.90. The van der Waals surface area contributed by atoms with Crippen LogP contribution < -0.4 is 0 Å². The first kappa shape index (κ1) is 16.8. The van der Waals surface area contributed by atoms with E-state index in [0.717, 1.165) is 42.8 Å². The third-order valence-electron chi connectivity index (χ3n) is 5.32. The molecule has 0 spiro atoms. The Bertz CT molecular complexity index is 912. The number of carbonyl (C=O) groups excluding carboxylic acids is 1. The minimum atomic E-state index is -0.188. The van der Waals surface area contributed by atoms with Gasteiger partial charge in [0.2, 0.25) is 5.91 Å². The second-order valence-corrected chi connectivity index (χ2v) is 6.89. The fourth-order valence-corrected chi connectivity index (χ4v) is 3.86. The van der Waals surface area contributed by atoms with Crippen LogP contribution in [0.25, 0.3) is 11.0 Å². The molecule has 0 saturated carbocycles. The Morgan fingerprint density at radius 1 is 1.19 bits per heavy atom. The summed E-state index contributed by atoms with van der Waals surface area (Å²) in [4.78, 5) is 24.1. The van der Waals surface area contributed by atoms with E-state index in [4.69, 9.17) is 4.98 Å². The van der Waals surface area contributed by atoms with Crippen LogP contribution in [0.15, 0.2) is 48.8 Å². The van der Waals surface area contributed by atoms with Crippen molar-refractivity contribution in [2.45, 2.75) is 38.6 Å². The van der Waals surface area contributed by atoms with E-state index in [9.17, 15) is 4.79 Å². The molecule has 0 N–H and O–H groups in total. The molecule has 1 saturated heterocycles. The number of para-hydroxylation sites is 2. The molecule has 0 bridgehead atoms. The molecule has 134 valence electrons. The zero-order chi connectivity index (χ0) is 18.1. The summed E-state index contributed by atoms with van der Waals surface area (Å²) < 4.78 is 2.15. The van der Waals surface area contributed by atoms with E-state index in [0.29, 0.717) is 5.92 Å². The summed E-state index contributed by atoms with van der Waals surface area (Å²) in [5.41, 5.74) is 3.23. The third kappa shape index (κ3) is 2.77. The van der Waals surface area contributed by atoms with Gasteiger partial charge in [-0.05, 0) is 30.2 Å². The SMILES string of the molecule is CCc1nc2ccccc2n1C(CC)C(=O)N1CC(c2cccnc2)C1. The lowest BCUT2D eigenvalue weighted by atomic mass is 9.92. The van der Waals surface area contributed by atoms with Crippen LogP contribution in [0.4, 0.5) is 0 Å². The maximum absolute atomic E-state index is 13.2. The lowest BCUT2D eigenvalue weighted by Crippen LogP contribution is -2.51. The van der Waals surface area contributed by atoms with E-state index in [1.54, 1.807) is 6.20 Å². The highest BCUT2D eigenvalue weighted by molar-refractivity contribution is 5.85. The minimum Gasteiger partial charge on any atom is -0.340 e. The largest absolute Gasteiger partial charge is 0.340 e. The summed E-state index contributed by atoms with van der Waals surface area (Å²) in [7, 11) is 0. The number of nitrogens with zero attached hydrogens (tertiary/aromatic N) is 4. The highest BCUT2D eigenvalue weighted by Crippen LogP contribution is 2.31. The Hall–Kier alpha value is -2.69. The Morgan fingerprint density at radius 3 is 2.69 bits per heavy atom. The average molecular weight is 348 g/mol. The first-order chi connectivity index (χ1) is 12.7. The highest BCUT2D eigenvalue weighted by atomic mass is 16.2. The summed E-state index contributed by atoms with van der Waals surface area (Å²) in [6, 6.07) is 12.0. The van der Waals surface area contributed by atoms with Gasteiger partial charge in [0.1, 0.15) is 11.9 Å². The van der Waals surface area contributed by atoms with Gasteiger partial charge in [-0.25, -0.2) is 4.98 Å². The molecule has 26 heavy (non-hydrogen) atoms. The number of amides is 1. The second-order valence-electron chi connectivity index (χ2n) is 6.89. The number of benzene rings is 1. The Balaban J connectivity index is 1.58.